The van der Waals surface area contributed by atoms with Gasteiger partial charge in [-0.25, -0.2) is 0 Å². The van der Waals surface area contributed by atoms with E-state index in [0.717, 1.165) is 45.6 Å². The summed E-state index contributed by atoms with van der Waals surface area (Å²) in [7, 11) is 0. The molecule has 1 atom stereocenters. The number of rotatable bonds is 11. The van der Waals surface area contributed by atoms with E-state index >= 15 is 0 Å². The van der Waals surface area contributed by atoms with Crippen molar-refractivity contribution in [2.45, 2.75) is 53.0 Å². The molecule has 0 saturated heterocycles. The Morgan fingerprint density at radius 2 is 1.89 bits per heavy atom. The zero-order valence-corrected chi connectivity index (χ0v) is 12.4. The molecule has 0 aliphatic carbocycles. The Morgan fingerprint density at radius 3 is 2.50 bits per heavy atom. The van der Waals surface area contributed by atoms with Gasteiger partial charge in [-0.05, 0) is 38.6 Å². The van der Waals surface area contributed by atoms with E-state index in [4.69, 9.17) is 4.74 Å². The predicted octanol–water partition coefficient (Wildman–Crippen LogP) is 1.94. The van der Waals surface area contributed by atoms with Gasteiger partial charge in [0.05, 0.1) is 6.04 Å². The molecule has 1 amide bonds. The van der Waals surface area contributed by atoms with Crippen molar-refractivity contribution in [2.75, 3.05) is 26.3 Å². The first-order valence-corrected chi connectivity index (χ1v) is 7.16. The van der Waals surface area contributed by atoms with Crippen LogP contribution < -0.4 is 10.6 Å². The van der Waals surface area contributed by atoms with Crippen LogP contribution in [0.25, 0.3) is 0 Å². The monoisotopic (exact) mass is 258 g/mol. The van der Waals surface area contributed by atoms with Gasteiger partial charge in [0, 0.05) is 19.8 Å². The van der Waals surface area contributed by atoms with Crippen LogP contribution in [0.15, 0.2) is 0 Å². The fourth-order valence-corrected chi connectivity index (χ4v) is 1.47. The van der Waals surface area contributed by atoms with Crippen molar-refractivity contribution in [2.24, 2.45) is 5.92 Å². The highest BCUT2D eigenvalue weighted by Gasteiger charge is 2.10. The Balaban J connectivity index is 3.44. The molecule has 0 aromatic heterocycles. The van der Waals surface area contributed by atoms with E-state index in [2.05, 4.69) is 31.4 Å². The van der Waals surface area contributed by atoms with Gasteiger partial charge in [0.2, 0.25) is 5.91 Å². The summed E-state index contributed by atoms with van der Waals surface area (Å²) in [6, 6.07) is -0.122. The molecule has 0 radical (unpaired) electrons. The molecular formula is C14H30N2O2. The highest BCUT2D eigenvalue weighted by molar-refractivity contribution is 5.81. The van der Waals surface area contributed by atoms with E-state index in [1.54, 1.807) is 0 Å². The molecule has 0 aliphatic rings. The van der Waals surface area contributed by atoms with Crippen molar-refractivity contribution in [3.8, 4) is 0 Å². The molecule has 0 aromatic carbocycles. The van der Waals surface area contributed by atoms with Crippen molar-refractivity contribution in [1.29, 1.82) is 0 Å². The summed E-state index contributed by atoms with van der Waals surface area (Å²) in [5.74, 6) is 0.717. The average Bonchev–Trinajstić information content (AvgIpc) is 2.32. The number of amides is 1. The molecule has 0 rings (SSSR count). The molecule has 108 valence electrons. The number of hydrogen-bond acceptors (Lipinski definition) is 3. The Morgan fingerprint density at radius 1 is 1.17 bits per heavy atom. The lowest BCUT2D eigenvalue weighted by Crippen LogP contribution is -2.43. The zero-order valence-electron chi connectivity index (χ0n) is 12.4. The summed E-state index contributed by atoms with van der Waals surface area (Å²) in [6.07, 6.45) is 3.04. The van der Waals surface area contributed by atoms with Crippen LogP contribution in [-0.4, -0.2) is 38.3 Å². The van der Waals surface area contributed by atoms with Gasteiger partial charge in [-0.15, -0.1) is 0 Å². The molecule has 0 bridgehead atoms. The molecule has 4 nitrogen and oxygen atoms in total. The predicted molar refractivity (Wildman–Crippen MR) is 75.7 cm³/mol. The van der Waals surface area contributed by atoms with Crippen LogP contribution in [0.4, 0.5) is 0 Å². The van der Waals surface area contributed by atoms with E-state index in [0.29, 0.717) is 5.92 Å². The molecule has 4 heteroatoms. The maximum absolute atomic E-state index is 11.7. The molecule has 0 heterocycles. The molecular weight excluding hydrogens is 228 g/mol. The summed E-state index contributed by atoms with van der Waals surface area (Å²) in [6.45, 7) is 11.5. The fourth-order valence-electron chi connectivity index (χ4n) is 1.47. The first-order valence-electron chi connectivity index (χ1n) is 7.16. The quantitative estimate of drug-likeness (QED) is 0.557. The maximum Gasteiger partial charge on any atom is 0.236 e. The summed E-state index contributed by atoms with van der Waals surface area (Å²) in [4.78, 5) is 11.7. The lowest BCUT2D eigenvalue weighted by molar-refractivity contribution is -0.122. The number of nitrogens with one attached hydrogen (secondary N) is 2. The van der Waals surface area contributed by atoms with E-state index < -0.39 is 0 Å². The van der Waals surface area contributed by atoms with Crippen LogP contribution in [0.1, 0.15) is 47.0 Å². The third-order valence-electron chi connectivity index (χ3n) is 2.68. The second-order valence-corrected chi connectivity index (χ2v) is 5.12. The minimum absolute atomic E-state index is 0.0881. The van der Waals surface area contributed by atoms with Gasteiger partial charge >= 0.3 is 0 Å². The van der Waals surface area contributed by atoms with E-state index in [-0.39, 0.29) is 11.9 Å². The lowest BCUT2D eigenvalue weighted by atomic mass is 10.1. The Kier molecular flexibility index (Phi) is 11.1. The molecule has 0 fully saturated rings. The molecule has 0 saturated carbocycles. The second kappa shape index (κ2) is 11.5. The largest absolute Gasteiger partial charge is 0.381 e. The van der Waals surface area contributed by atoms with Gasteiger partial charge in [0.1, 0.15) is 0 Å². The number of hydrogen-bond donors (Lipinski definition) is 2. The van der Waals surface area contributed by atoms with Crippen LogP contribution >= 0.6 is 0 Å². The van der Waals surface area contributed by atoms with E-state index in [9.17, 15) is 4.79 Å². The van der Waals surface area contributed by atoms with Gasteiger partial charge in [-0.1, -0.05) is 20.8 Å². The molecule has 0 spiro atoms. The zero-order chi connectivity index (χ0) is 13.8. The topological polar surface area (TPSA) is 50.4 Å². The second-order valence-electron chi connectivity index (χ2n) is 5.12. The van der Waals surface area contributed by atoms with Crippen LogP contribution in [0, 0.1) is 5.92 Å². The van der Waals surface area contributed by atoms with Gasteiger partial charge < -0.3 is 15.4 Å². The van der Waals surface area contributed by atoms with E-state index in [1.807, 2.05) is 6.92 Å². The van der Waals surface area contributed by atoms with Crippen molar-refractivity contribution in [3.05, 3.63) is 0 Å². The fraction of sp³-hybridized carbons (Fsp3) is 0.929. The lowest BCUT2D eigenvalue weighted by Gasteiger charge is -2.14. The number of carbonyl (C=O) groups excluding carboxylic acids is 1. The van der Waals surface area contributed by atoms with E-state index in [1.165, 1.54) is 0 Å². The number of carbonyl (C=O) groups is 1. The standard InChI is InChI=1S/C14H30N2O2/c1-5-10-18-11-6-8-15-13(4)14(17)16-9-7-12(2)3/h12-13,15H,5-11H2,1-4H3,(H,16,17). The normalized spacial score (nSPS) is 12.7. The first kappa shape index (κ1) is 17.4. The number of ether oxygens (including phenoxy) is 1. The third kappa shape index (κ3) is 10.5. The summed E-state index contributed by atoms with van der Waals surface area (Å²) in [5.41, 5.74) is 0. The Labute approximate surface area is 112 Å². The smallest absolute Gasteiger partial charge is 0.236 e. The minimum Gasteiger partial charge on any atom is -0.381 e. The Bertz CT molecular complexity index is 208. The maximum atomic E-state index is 11.7. The highest BCUT2D eigenvalue weighted by Crippen LogP contribution is 1.96. The molecule has 0 aromatic rings. The van der Waals surface area contributed by atoms with Crippen LogP contribution in [0.2, 0.25) is 0 Å². The summed E-state index contributed by atoms with van der Waals surface area (Å²) in [5, 5.41) is 6.15. The highest BCUT2D eigenvalue weighted by atomic mass is 16.5. The van der Waals surface area contributed by atoms with Gasteiger partial charge in [0.15, 0.2) is 0 Å². The molecule has 0 aliphatic heterocycles. The van der Waals surface area contributed by atoms with Crippen LogP contribution in [-0.2, 0) is 9.53 Å². The van der Waals surface area contributed by atoms with Crippen molar-refractivity contribution in [1.82, 2.24) is 10.6 Å². The molecule has 2 N–H and O–H groups in total. The van der Waals surface area contributed by atoms with Crippen molar-refractivity contribution in [3.63, 3.8) is 0 Å². The van der Waals surface area contributed by atoms with Gasteiger partial charge in [-0.2, -0.15) is 0 Å². The average molecular weight is 258 g/mol. The van der Waals surface area contributed by atoms with Gasteiger partial charge in [0.25, 0.3) is 0 Å². The molecule has 18 heavy (non-hydrogen) atoms. The van der Waals surface area contributed by atoms with Crippen LogP contribution in [0.3, 0.4) is 0 Å². The van der Waals surface area contributed by atoms with Crippen molar-refractivity contribution >= 4 is 5.91 Å². The SMILES string of the molecule is CCCOCCCNC(C)C(=O)NCCC(C)C. The van der Waals surface area contributed by atoms with Crippen molar-refractivity contribution < 1.29 is 9.53 Å². The van der Waals surface area contributed by atoms with Crippen LogP contribution in [0.5, 0.6) is 0 Å². The summed E-state index contributed by atoms with van der Waals surface area (Å²) >= 11 is 0. The third-order valence-corrected chi connectivity index (χ3v) is 2.68. The Hall–Kier alpha value is -0.610. The minimum atomic E-state index is -0.122. The summed E-state index contributed by atoms with van der Waals surface area (Å²) < 4.78 is 5.38. The molecule has 1 unspecified atom stereocenters. The first-order chi connectivity index (χ1) is 8.57. The van der Waals surface area contributed by atoms with Gasteiger partial charge in [-0.3, -0.25) is 4.79 Å².